The smallest absolute Gasteiger partial charge is 0.234 e. The molecule has 0 atom stereocenters. The zero-order valence-corrected chi connectivity index (χ0v) is 17.0. The summed E-state index contributed by atoms with van der Waals surface area (Å²) in [5, 5.41) is 5.74. The Labute approximate surface area is 164 Å². The van der Waals surface area contributed by atoms with Crippen molar-refractivity contribution in [2.24, 2.45) is 0 Å². The van der Waals surface area contributed by atoms with Crippen molar-refractivity contribution in [1.29, 1.82) is 0 Å². The Morgan fingerprint density at radius 1 is 1.15 bits per heavy atom. The number of rotatable bonds is 5. The molecule has 6 nitrogen and oxygen atoms in total. The molecule has 1 saturated carbocycles. The van der Waals surface area contributed by atoms with Gasteiger partial charge in [0.2, 0.25) is 11.8 Å². The molecule has 3 rings (SSSR count). The average molecular weight is 411 g/mol. The number of nitrogens with one attached hydrogen (secondary N) is 2. The Bertz CT molecular complexity index is 800. The fraction of sp³-hybridized carbons (Fsp3) is 0.579. The van der Waals surface area contributed by atoms with E-state index in [1.165, 1.54) is 37.1 Å². The van der Waals surface area contributed by atoms with Crippen LogP contribution >= 0.6 is 11.8 Å². The van der Waals surface area contributed by atoms with E-state index in [4.69, 9.17) is 0 Å². The second kappa shape index (κ2) is 9.10. The van der Waals surface area contributed by atoms with E-state index in [0.717, 1.165) is 30.6 Å². The van der Waals surface area contributed by atoms with Gasteiger partial charge in [-0.25, -0.2) is 8.42 Å². The minimum absolute atomic E-state index is 0.0280. The third-order valence-corrected chi connectivity index (χ3v) is 7.78. The summed E-state index contributed by atoms with van der Waals surface area (Å²) in [6, 6.07) is 4.86. The summed E-state index contributed by atoms with van der Waals surface area (Å²) in [5.74, 6) is -0.209. The molecule has 1 aromatic carbocycles. The number of benzene rings is 1. The van der Waals surface area contributed by atoms with Gasteiger partial charge in [-0.05, 0) is 31.0 Å². The van der Waals surface area contributed by atoms with Gasteiger partial charge >= 0.3 is 0 Å². The molecule has 27 heavy (non-hydrogen) atoms. The van der Waals surface area contributed by atoms with Crippen LogP contribution in [0.4, 0.5) is 5.69 Å². The zero-order valence-electron chi connectivity index (χ0n) is 15.3. The monoisotopic (exact) mass is 410 g/mol. The van der Waals surface area contributed by atoms with Crippen molar-refractivity contribution in [2.75, 3.05) is 16.8 Å². The molecule has 2 aliphatic rings. The molecule has 2 N–H and O–H groups in total. The maximum atomic E-state index is 12.6. The number of fused-ring (bicyclic) bond motifs is 1. The second-order valence-corrected chi connectivity index (χ2v) is 10.3. The van der Waals surface area contributed by atoms with Crippen LogP contribution < -0.4 is 10.6 Å². The first-order chi connectivity index (χ1) is 12.9. The van der Waals surface area contributed by atoms with Gasteiger partial charge in [-0.15, -0.1) is 11.8 Å². The van der Waals surface area contributed by atoms with Crippen molar-refractivity contribution in [2.45, 2.75) is 67.2 Å². The van der Waals surface area contributed by atoms with Crippen molar-refractivity contribution in [1.82, 2.24) is 5.32 Å². The number of amides is 2. The van der Waals surface area contributed by atoms with Crippen LogP contribution in [0.15, 0.2) is 28.0 Å². The Hall–Kier alpha value is -1.54. The zero-order chi connectivity index (χ0) is 19.3. The molecule has 0 spiro atoms. The molecule has 0 saturated heterocycles. The van der Waals surface area contributed by atoms with E-state index in [2.05, 4.69) is 10.6 Å². The highest BCUT2D eigenvalue weighted by Crippen LogP contribution is 2.33. The topological polar surface area (TPSA) is 92.3 Å². The minimum atomic E-state index is -3.54. The van der Waals surface area contributed by atoms with Crippen molar-refractivity contribution in [3.05, 3.63) is 18.2 Å². The molecule has 1 aliphatic heterocycles. The standard InChI is InChI=1S/C19H26N2O4S2/c22-18(20-14-6-4-2-1-3-5-7-14)10-11-27(24,25)15-8-9-16-17(12-15)26-13-19(23)21-16/h8-9,12,14H,1-7,10-11,13H2,(H,20,22)(H,21,23). The fourth-order valence-electron chi connectivity index (χ4n) is 3.49. The number of hydrogen-bond donors (Lipinski definition) is 2. The molecule has 0 radical (unpaired) electrons. The molecule has 0 aromatic heterocycles. The third kappa shape index (κ3) is 5.72. The summed E-state index contributed by atoms with van der Waals surface area (Å²) in [7, 11) is -3.54. The van der Waals surface area contributed by atoms with Crippen LogP contribution in [0, 0.1) is 0 Å². The van der Waals surface area contributed by atoms with Gasteiger partial charge in [-0.1, -0.05) is 32.1 Å². The van der Waals surface area contributed by atoms with Crippen molar-refractivity contribution in [3.8, 4) is 0 Å². The van der Waals surface area contributed by atoms with Crippen LogP contribution in [0.2, 0.25) is 0 Å². The lowest BCUT2D eigenvalue weighted by atomic mass is 9.97. The lowest BCUT2D eigenvalue weighted by Crippen LogP contribution is -2.36. The number of hydrogen-bond acceptors (Lipinski definition) is 5. The van der Waals surface area contributed by atoms with Gasteiger partial charge in [-0.3, -0.25) is 9.59 Å². The van der Waals surface area contributed by atoms with Crippen LogP contribution in [0.5, 0.6) is 0 Å². The van der Waals surface area contributed by atoms with Gasteiger partial charge in [0.15, 0.2) is 9.84 Å². The Morgan fingerprint density at radius 2 is 1.85 bits per heavy atom. The van der Waals surface area contributed by atoms with Gasteiger partial charge in [0.1, 0.15) is 0 Å². The van der Waals surface area contributed by atoms with Gasteiger partial charge < -0.3 is 10.6 Å². The summed E-state index contributed by atoms with van der Waals surface area (Å²) >= 11 is 1.32. The molecule has 1 fully saturated rings. The highest BCUT2D eigenvalue weighted by Gasteiger charge is 2.22. The highest BCUT2D eigenvalue weighted by atomic mass is 32.2. The first-order valence-electron chi connectivity index (χ1n) is 9.53. The molecule has 1 aliphatic carbocycles. The minimum Gasteiger partial charge on any atom is -0.353 e. The average Bonchev–Trinajstić information content (AvgIpc) is 2.62. The van der Waals surface area contributed by atoms with E-state index in [1.54, 1.807) is 12.1 Å². The Balaban J connectivity index is 1.56. The Morgan fingerprint density at radius 3 is 2.59 bits per heavy atom. The SMILES string of the molecule is O=C1CSc2cc(S(=O)(=O)CCC(=O)NC3CCCCCCC3)ccc2N1. The Kier molecular flexibility index (Phi) is 6.81. The van der Waals surface area contributed by atoms with Gasteiger partial charge in [0.25, 0.3) is 0 Å². The maximum Gasteiger partial charge on any atom is 0.234 e. The number of thioether (sulfide) groups is 1. The van der Waals surface area contributed by atoms with Gasteiger partial charge in [0.05, 0.1) is 22.1 Å². The molecule has 0 bridgehead atoms. The number of carbonyl (C=O) groups excluding carboxylic acids is 2. The third-order valence-electron chi connectivity index (χ3n) is 5.01. The van der Waals surface area contributed by atoms with E-state index in [1.807, 2.05) is 0 Å². The summed E-state index contributed by atoms with van der Waals surface area (Å²) < 4.78 is 25.2. The highest BCUT2D eigenvalue weighted by molar-refractivity contribution is 8.00. The predicted molar refractivity (Wildman–Crippen MR) is 107 cm³/mol. The summed E-state index contributed by atoms with van der Waals surface area (Å²) in [5.41, 5.74) is 0.636. The summed E-state index contributed by atoms with van der Waals surface area (Å²) in [4.78, 5) is 24.6. The first kappa shape index (κ1) is 20.2. The number of sulfone groups is 1. The molecular formula is C19H26N2O4S2. The maximum absolute atomic E-state index is 12.6. The van der Waals surface area contributed by atoms with Gasteiger partial charge in [0, 0.05) is 17.4 Å². The number of carbonyl (C=O) groups is 2. The van der Waals surface area contributed by atoms with Crippen LogP contribution in [-0.2, 0) is 19.4 Å². The number of anilines is 1. The van der Waals surface area contributed by atoms with Crippen LogP contribution in [0.1, 0.15) is 51.4 Å². The quantitative estimate of drug-likeness (QED) is 0.778. The van der Waals surface area contributed by atoms with E-state index >= 15 is 0 Å². The predicted octanol–water partition coefficient (Wildman–Crippen LogP) is 3.12. The lowest BCUT2D eigenvalue weighted by Gasteiger charge is -2.21. The molecule has 0 unspecified atom stereocenters. The van der Waals surface area contributed by atoms with Gasteiger partial charge in [-0.2, -0.15) is 0 Å². The largest absolute Gasteiger partial charge is 0.353 e. The van der Waals surface area contributed by atoms with Crippen molar-refractivity contribution >= 4 is 39.1 Å². The summed E-state index contributed by atoms with van der Waals surface area (Å²) in [6.45, 7) is 0. The van der Waals surface area contributed by atoms with E-state index in [9.17, 15) is 18.0 Å². The molecule has 1 heterocycles. The second-order valence-electron chi connectivity index (χ2n) is 7.17. The fourth-order valence-corrected chi connectivity index (χ4v) is 5.67. The van der Waals surface area contributed by atoms with E-state index in [0.29, 0.717) is 5.69 Å². The molecular weight excluding hydrogens is 384 g/mol. The van der Waals surface area contributed by atoms with Crippen molar-refractivity contribution < 1.29 is 18.0 Å². The summed E-state index contributed by atoms with van der Waals surface area (Å²) in [6.07, 6.45) is 7.84. The van der Waals surface area contributed by atoms with E-state index in [-0.39, 0.29) is 40.7 Å². The van der Waals surface area contributed by atoms with E-state index < -0.39 is 9.84 Å². The van der Waals surface area contributed by atoms with Crippen LogP contribution in [0.3, 0.4) is 0 Å². The lowest BCUT2D eigenvalue weighted by molar-refractivity contribution is -0.121. The molecule has 148 valence electrons. The first-order valence-corrected chi connectivity index (χ1v) is 12.2. The molecule has 2 amide bonds. The normalized spacial score (nSPS) is 18.7. The van der Waals surface area contributed by atoms with Crippen LogP contribution in [0.25, 0.3) is 0 Å². The van der Waals surface area contributed by atoms with Crippen molar-refractivity contribution in [3.63, 3.8) is 0 Å². The molecule has 8 heteroatoms. The molecule has 1 aromatic rings. The van der Waals surface area contributed by atoms with Crippen LogP contribution in [-0.4, -0.2) is 37.8 Å².